The zero-order valence-corrected chi connectivity index (χ0v) is 10.9. The van der Waals surface area contributed by atoms with Crippen LogP contribution >= 0.6 is 27.5 Å². The van der Waals surface area contributed by atoms with Gasteiger partial charge in [0.2, 0.25) is 0 Å². The normalized spacial score (nSPS) is 19.4. The molecular weight excluding hydrogens is 273 g/mol. The van der Waals surface area contributed by atoms with Crippen molar-refractivity contribution in [2.75, 3.05) is 6.54 Å². The number of hydrogen-bond acceptors (Lipinski definition) is 1. The van der Waals surface area contributed by atoms with Crippen LogP contribution in [-0.2, 0) is 5.41 Å². The van der Waals surface area contributed by atoms with Crippen molar-refractivity contribution in [1.82, 2.24) is 0 Å². The average Bonchev–Trinajstić information content (AvgIpc) is 2.72. The fourth-order valence-corrected chi connectivity index (χ4v) is 3.41. The van der Waals surface area contributed by atoms with Crippen molar-refractivity contribution in [1.29, 1.82) is 0 Å². The van der Waals surface area contributed by atoms with Crippen LogP contribution in [0.3, 0.4) is 0 Å². The lowest BCUT2D eigenvalue weighted by atomic mass is 9.79. The minimum absolute atomic E-state index is 0.156. The summed E-state index contributed by atoms with van der Waals surface area (Å²) in [6, 6.07) is 6.07. The van der Waals surface area contributed by atoms with Gasteiger partial charge in [-0.05, 0) is 40.4 Å². The largest absolute Gasteiger partial charge is 0.330 e. The molecule has 1 saturated carbocycles. The van der Waals surface area contributed by atoms with Gasteiger partial charge in [0.25, 0.3) is 0 Å². The topological polar surface area (TPSA) is 26.0 Å². The minimum Gasteiger partial charge on any atom is -0.330 e. The van der Waals surface area contributed by atoms with Crippen LogP contribution in [0.5, 0.6) is 0 Å². The van der Waals surface area contributed by atoms with Crippen molar-refractivity contribution >= 4 is 27.5 Å². The predicted octanol–water partition coefficient (Wildman–Crippen LogP) is 3.87. The molecule has 1 aliphatic carbocycles. The van der Waals surface area contributed by atoms with E-state index in [0.29, 0.717) is 6.54 Å². The Hall–Kier alpha value is -0.0500. The molecule has 15 heavy (non-hydrogen) atoms. The highest BCUT2D eigenvalue weighted by Gasteiger charge is 2.35. The average molecular weight is 289 g/mol. The van der Waals surface area contributed by atoms with Crippen LogP contribution in [0, 0.1) is 0 Å². The third kappa shape index (κ3) is 1.95. The third-order valence-corrected chi connectivity index (χ3v) is 4.87. The first kappa shape index (κ1) is 11.4. The van der Waals surface area contributed by atoms with Crippen LogP contribution < -0.4 is 5.73 Å². The van der Waals surface area contributed by atoms with E-state index >= 15 is 0 Å². The maximum Gasteiger partial charge on any atom is 0.0551 e. The van der Waals surface area contributed by atoms with Crippen molar-refractivity contribution in [3.05, 3.63) is 33.3 Å². The number of benzene rings is 1. The summed E-state index contributed by atoms with van der Waals surface area (Å²) in [5, 5.41) is 0.784. The lowest BCUT2D eigenvalue weighted by Crippen LogP contribution is -2.32. The van der Waals surface area contributed by atoms with Gasteiger partial charge in [0.1, 0.15) is 0 Å². The summed E-state index contributed by atoms with van der Waals surface area (Å²) in [5.41, 5.74) is 7.40. The van der Waals surface area contributed by atoms with Gasteiger partial charge < -0.3 is 5.73 Å². The van der Waals surface area contributed by atoms with Crippen LogP contribution in [0.15, 0.2) is 22.7 Å². The Kier molecular flexibility index (Phi) is 3.39. The highest BCUT2D eigenvalue weighted by atomic mass is 79.9. The first-order valence-electron chi connectivity index (χ1n) is 5.34. The summed E-state index contributed by atoms with van der Waals surface area (Å²) in [6.07, 6.45) is 4.91. The molecule has 2 N–H and O–H groups in total. The quantitative estimate of drug-likeness (QED) is 0.878. The van der Waals surface area contributed by atoms with E-state index in [1.807, 2.05) is 12.1 Å². The van der Waals surface area contributed by atoms with Gasteiger partial charge in [-0.1, -0.05) is 36.6 Å². The van der Waals surface area contributed by atoms with E-state index < -0.39 is 0 Å². The van der Waals surface area contributed by atoms with E-state index in [1.54, 1.807) is 0 Å². The first-order chi connectivity index (χ1) is 7.19. The van der Waals surface area contributed by atoms with Crippen LogP contribution in [-0.4, -0.2) is 6.54 Å². The number of hydrogen-bond donors (Lipinski definition) is 1. The van der Waals surface area contributed by atoms with Crippen LogP contribution in [0.1, 0.15) is 31.2 Å². The molecule has 0 heterocycles. The highest BCUT2D eigenvalue weighted by Crippen LogP contribution is 2.44. The van der Waals surface area contributed by atoms with Gasteiger partial charge in [0, 0.05) is 16.4 Å². The Morgan fingerprint density at radius 3 is 2.60 bits per heavy atom. The van der Waals surface area contributed by atoms with Crippen LogP contribution in [0.4, 0.5) is 0 Å². The van der Waals surface area contributed by atoms with Crippen LogP contribution in [0.2, 0.25) is 5.02 Å². The Morgan fingerprint density at radius 2 is 2.00 bits per heavy atom. The van der Waals surface area contributed by atoms with Gasteiger partial charge in [0.15, 0.2) is 0 Å². The molecule has 0 bridgehead atoms. The zero-order chi connectivity index (χ0) is 10.9. The molecule has 0 aromatic heterocycles. The van der Waals surface area contributed by atoms with Gasteiger partial charge in [0.05, 0.1) is 5.02 Å². The van der Waals surface area contributed by atoms with Crippen molar-refractivity contribution in [2.45, 2.75) is 31.1 Å². The summed E-state index contributed by atoms with van der Waals surface area (Å²) in [6.45, 7) is 0.714. The van der Waals surface area contributed by atoms with Crippen molar-refractivity contribution < 1.29 is 0 Å². The molecular formula is C12H15BrClN. The third-order valence-electron chi connectivity index (χ3n) is 3.47. The van der Waals surface area contributed by atoms with Gasteiger partial charge in [-0.3, -0.25) is 0 Å². The standard InChI is InChI=1S/C12H15BrClN/c13-11-9(4-3-5-10(11)14)12(8-15)6-1-2-7-12/h3-5H,1-2,6-8,15H2. The molecule has 82 valence electrons. The molecule has 0 aliphatic heterocycles. The zero-order valence-electron chi connectivity index (χ0n) is 8.60. The molecule has 1 aromatic rings. The second kappa shape index (κ2) is 4.44. The van der Waals surface area contributed by atoms with Gasteiger partial charge in [-0.25, -0.2) is 0 Å². The van der Waals surface area contributed by atoms with E-state index in [4.69, 9.17) is 17.3 Å². The lowest BCUT2D eigenvalue weighted by molar-refractivity contribution is 0.451. The molecule has 1 nitrogen and oxygen atoms in total. The molecule has 3 heteroatoms. The summed E-state index contributed by atoms with van der Waals surface area (Å²) in [5.74, 6) is 0. The van der Waals surface area contributed by atoms with E-state index in [1.165, 1.54) is 31.2 Å². The van der Waals surface area contributed by atoms with Crippen molar-refractivity contribution in [3.63, 3.8) is 0 Å². The maximum atomic E-state index is 6.12. The smallest absolute Gasteiger partial charge is 0.0551 e. The second-order valence-electron chi connectivity index (χ2n) is 4.29. The minimum atomic E-state index is 0.156. The van der Waals surface area contributed by atoms with E-state index in [0.717, 1.165) is 9.50 Å². The summed E-state index contributed by atoms with van der Waals surface area (Å²) >= 11 is 9.70. The van der Waals surface area contributed by atoms with Crippen molar-refractivity contribution in [3.8, 4) is 0 Å². The SMILES string of the molecule is NCC1(c2cccc(Cl)c2Br)CCCC1. The predicted molar refractivity (Wildman–Crippen MR) is 68.4 cm³/mol. The molecule has 0 saturated heterocycles. The summed E-state index contributed by atoms with van der Waals surface area (Å²) in [7, 11) is 0. The Balaban J connectivity index is 2.47. The Bertz CT molecular complexity index is 359. The number of halogens is 2. The second-order valence-corrected chi connectivity index (χ2v) is 5.49. The van der Waals surface area contributed by atoms with Gasteiger partial charge >= 0.3 is 0 Å². The molecule has 2 rings (SSSR count). The molecule has 0 unspecified atom stereocenters. The monoisotopic (exact) mass is 287 g/mol. The molecule has 1 fully saturated rings. The van der Waals surface area contributed by atoms with E-state index in [-0.39, 0.29) is 5.41 Å². The fraction of sp³-hybridized carbons (Fsp3) is 0.500. The van der Waals surface area contributed by atoms with E-state index in [9.17, 15) is 0 Å². The summed E-state index contributed by atoms with van der Waals surface area (Å²) in [4.78, 5) is 0. The summed E-state index contributed by atoms with van der Waals surface area (Å²) < 4.78 is 1.03. The molecule has 1 aliphatic rings. The van der Waals surface area contributed by atoms with Gasteiger partial charge in [-0.2, -0.15) is 0 Å². The van der Waals surface area contributed by atoms with Crippen molar-refractivity contribution in [2.24, 2.45) is 5.73 Å². The first-order valence-corrected chi connectivity index (χ1v) is 6.51. The molecule has 0 amide bonds. The molecule has 0 atom stereocenters. The maximum absolute atomic E-state index is 6.12. The van der Waals surface area contributed by atoms with Gasteiger partial charge in [-0.15, -0.1) is 0 Å². The Labute approximate surface area is 104 Å². The molecule has 0 spiro atoms. The number of nitrogens with two attached hydrogens (primary N) is 1. The number of rotatable bonds is 2. The van der Waals surface area contributed by atoms with Crippen LogP contribution in [0.25, 0.3) is 0 Å². The highest BCUT2D eigenvalue weighted by molar-refractivity contribution is 9.10. The Morgan fingerprint density at radius 1 is 1.33 bits per heavy atom. The lowest BCUT2D eigenvalue weighted by Gasteiger charge is -2.29. The molecule has 1 aromatic carbocycles. The molecule has 0 radical (unpaired) electrons. The fourth-order valence-electron chi connectivity index (χ4n) is 2.55. The van der Waals surface area contributed by atoms with E-state index in [2.05, 4.69) is 22.0 Å².